The smallest absolute Gasteiger partial charge is 0.236 e. The first-order valence-corrected chi connectivity index (χ1v) is 5.87. The van der Waals surface area contributed by atoms with Crippen LogP contribution in [-0.4, -0.2) is 43.5 Å². The molecule has 0 aliphatic heterocycles. The number of hydrogen-bond donors (Lipinski definition) is 1. The molecule has 0 radical (unpaired) electrons. The maximum absolute atomic E-state index is 11.4. The molecule has 0 aromatic carbocycles. The number of ether oxygens (including phenoxy) is 1. The number of nitrogens with zero attached hydrogens (tertiary/aromatic N) is 2. The Balaban J connectivity index is 2.66. The zero-order valence-electron chi connectivity index (χ0n) is 11.7. The molecule has 5 heteroatoms. The van der Waals surface area contributed by atoms with Gasteiger partial charge < -0.3 is 15.0 Å². The van der Waals surface area contributed by atoms with E-state index in [4.69, 9.17) is 4.74 Å². The van der Waals surface area contributed by atoms with Gasteiger partial charge in [0.05, 0.1) is 19.3 Å². The Morgan fingerprint density at radius 2 is 2.11 bits per heavy atom. The van der Waals surface area contributed by atoms with Gasteiger partial charge in [-0.05, 0) is 13.8 Å². The number of carbonyl (C=O) groups excluding carboxylic acids is 1. The molecule has 0 atom stereocenters. The maximum atomic E-state index is 11.4. The summed E-state index contributed by atoms with van der Waals surface area (Å²) in [6, 6.07) is 0. The number of amides is 1. The third-order valence-electron chi connectivity index (χ3n) is 2.82. The van der Waals surface area contributed by atoms with Crippen LogP contribution in [0.4, 0.5) is 0 Å². The number of carbonyl (C=O) groups is 1. The normalized spacial score (nSPS) is 10.3. The van der Waals surface area contributed by atoms with E-state index in [1.54, 1.807) is 32.3 Å². The topological polar surface area (TPSA) is 54.5 Å². The van der Waals surface area contributed by atoms with E-state index in [0.717, 1.165) is 22.6 Å². The van der Waals surface area contributed by atoms with Crippen molar-refractivity contribution in [1.29, 1.82) is 0 Å². The van der Waals surface area contributed by atoms with Crippen molar-refractivity contribution >= 4 is 5.91 Å². The first kappa shape index (κ1) is 14.4. The average Bonchev–Trinajstić information content (AvgIpc) is 2.32. The van der Waals surface area contributed by atoms with Gasteiger partial charge in [-0.3, -0.25) is 9.78 Å². The molecule has 5 nitrogen and oxygen atoms in total. The highest BCUT2D eigenvalue weighted by atomic mass is 16.5. The molecule has 0 aliphatic rings. The minimum absolute atomic E-state index is 0.0479. The predicted octanol–water partition coefficient (Wildman–Crippen LogP) is 0.885. The molecular weight excluding hydrogens is 230 g/mol. The molecule has 0 spiro atoms. The van der Waals surface area contributed by atoms with Crippen molar-refractivity contribution in [2.45, 2.75) is 20.4 Å². The quantitative estimate of drug-likeness (QED) is 0.844. The highest BCUT2D eigenvalue weighted by Gasteiger charge is 2.10. The van der Waals surface area contributed by atoms with Crippen LogP contribution in [0.15, 0.2) is 6.20 Å². The third kappa shape index (κ3) is 3.43. The van der Waals surface area contributed by atoms with Gasteiger partial charge in [-0.2, -0.15) is 0 Å². The Bertz CT molecular complexity index is 430. The summed E-state index contributed by atoms with van der Waals surface area (Å²) in [5.74, 6) is 0.910. The van der Waals surface area contributed by atoms with E-state index in [0.29, 0.717) is 13.1 Å². The fourth-order valence-corrected chi connectivity index (χ4v) is 1.70. The summed E-state index contributed by atoms with van der Waals surface area (Å²) in [4.78, 5) is 17.3. The first-order valence-electron chi connectivity index (χ1n) is 5.87. The Kier molecular flexibility index (Phi) is 5.09. The van der Waals surface area contributed by atoms with Crippen LogP contribution >= 0.6 is 0 Å². The number of methoxy groups -OCH3 is 1. The van der Waals surface area contributed by atoms with E-state index in [2.05, 4.69) is 10.3 Å². The number of nitrogens with one attached hydrogen (secondary N) is 1. The molecule has 1 N–H and O–H groups in total. The molecule has 18 heavy (non-hydrogen) atoms. The number of aryl methyl sites for hydroxylation is 1. The molecule has 0 saturated heterocycles. The van der Waals surface area contributed by atoms with Gasteiger partial charge in [-0.1, -0.05) is 0 Å². The highest BCUT2D eigenvalue weighted by Crippen LogP contribution is 2.23. The minimum Gasteiger partial charge on any atom is -0.496 e. The largest absolute Gasteiger partial charge is 0.496 e. The lowest BCUT2D eigenvalue weighted by atomic mass is 10.1. The van der Waals surface area contributed by atoms with Crippen LogP contribution in [0.2, 0.25) is 0 Å². The Hall–Kier alpha value is -1.62. The van der Waals surface area contributed by atoms with Gasteiger partial charge in [0.1, 0.15) is 5.75 Å². The van der Waals surface area contributed by atoms with Gasteiger partial charge in [0, 0.05) is 38.0 Å². The zero-order chi connectivity index (χ0) is 13.7. The lowest BCUT2D eigenvalue weighted by molar-refractivity contribution is -0.127. The fraction of sp³-hybridized carbons (Fsp3) is 0.538. The van der Waals surface area contributed by atoms with Gasteiger partial charge in [0.25, 0.3) is 0 Å². The van der Waals surface area contributed by atoms with Crippen LogP contribution in [0.5, 0.6) is 5.75 Å². The summed E-state index contributed by atoms with van der Waals surface area (Å²) in [5, 5.41) is 3.09. The monoisotopic (exact) mass is 251 g/mol. The zero-order valence-corrected chi connectivity index (χ0v) is 11.7. The van der Waals surface area contributed by atoms with Gasteiger partial charge >= 0.3 is 0 Å². The van der Waals surface area contributed by atoms with Gasteiger partial charge in [0.15, 0.2) is 0 Å². The van der Waals surface area contributed by atoms with Gasteiger partial charge in [-0.25, -0.2) is 0 Å². The third-order valence-corrected chi connectivity index (χ3v) is 2.82. The predicted molar refractivity (Wildman–Crippen MR) is 70.7 cm³/mol. The summed E-state index contributed by atoms with van der Waals surface area (Å²) < 4.78 is 5.34. The number of hydrogen-bond acceptors (Lipinski definition) is 4. The molecule has 0 unspecified atom stereocenters. The highest BCUT2D eigenvalue weighted by molar-refractivity contribution is 5.77. The Labute approximate surface area is 108 Å². The molecule has 1 rings (SSSR count). The molecule has 0 fully saturated rings. The SMILES string of the molecule is COc1c(C)cnc(CNCC(=O)N(C)C)c1C. The number of likely N-dealkylation sites (N-methyl/N-ethyl adjacent to an activating group) is 1. The number of aromatic nitrogens is 1. The fourth-order valence-electron chi connectivity index (χ4n) is 1.70. The molecule has 0 saturated carbocycles. The molecule has 0 aliphatic carbocycles. The Morgan fingerprint density at radius 1 is 1.44 bits per heavy atom. The van der Waals surface area contributed by atoms with Crippen molar-refractivity contribution < 1.29 is 9.53 Å². The second-order valence-corrected chi connectivity index (χ2v) is 4.44. The second-order valence-electron chi connectivity index (χ2n) is 4.44. The second kappa shape index (κ2) is 6.35. The summed E-state index contributed by atoms with van der Waals surface area (Å²) in [6.45, 7) is 4.81. The number of rotatable bonds is 5. The van der Waals surface area contributed by atoms with Gasteiger partial charge in [0.2, 0.25) is 5.91 Å². The molecule has 1 aromatic rings. The summed E-state index contributed by atoms with van der Waals surface area (Å²) in [7, 11) is 5.13. The maximum Gasteiger partial charge on any atom is 0.236 e. The van der Waals surface area contributed by atoms with Crippen LogP contribution in [0.1, 0.15) is 16.8 Å². The lowest BCUT2D eigenvalue weighted by Crippen LogP contribution is -2.32. The van der Waals surface area contributed by atoms with E-state index >= 15 is 0 Å². The van der Waals surface area contributed by atoms with Crippen molar-refractivity contribution in [3.63, 3.8) is 0 Å². The van der Waals surface area contributed by atoms with Crippen molar-refractivity contribution in [3.05, 3.63) is 23.0 Å². The minimum atomic E-state index is 0.0479. The molecule has 0 bridgehead atoms. The number of pyridine rings is 1. The lowest BCUT2D eigenvalue weighted by Gasteiger charge is -2.14. The van der Waals surface area contributed by atoms with E-state index in [1.807, 2.05) is 13.8 Å². The summed E-state index contributed by atoms with van der Waals surface area (Å²) in [5.41, 5.74) is 2.94. The van der Waals surface area contributed by atoms with Crippen LogP contribution in [0.3, 0.4) is 0 Å². The summed E-state index contributed by atoms with van der Waals surface area (Å²) >= 11 is 0. The standard InChI is InChI=1S/C13H21N3O2/c1-9-6-15-11(10(2)13(9)18-5)7-14-8-12(17)16(3)4/h6,14H,7-8H2,1-5H3. The van der Waals surface area contributed by atoms with Gasteiger partial charge in [-0.15, -0.1) is 0 Å². The van der Waals surface area contributed by atoms with E-state index in [1.165, 1.54) is 0 Å². The Morgan fingerprint density at radius 3 is 2.67 bits per heavy atom. The van der Waals surface area contributed by atoms with Crippen molar-refractivity contribution in [1.82, 2.24) is 15.2 Å². The first-order chi connectivity index (χ1) is 8.47. The van der Waals surface area contributed by atoms with E-state index < -0.39 is 0 Å². The molecule has 100 valence electrons. The molecule has 1 aromatic heterocycles. The summed E-state index contributed by atoms with van der Waals surface area (Å²) in [6.07, 6.45) is 1.79. The van der Waals surface area contributed by atoms with E-state index in [9.17, 15) is 4.79 Å². The molecule has 1 heterocycles. The van der Waals surface area contributed by atoms with E-state index in [-0.39, 0.29) is 5.91 Å². The van der Waals surface area contributed by atoms with Crippen molar-refractivity contribution in [3.8, 4) is 5.75 Å². The molecule has 1 amide bonds. The van der Waals surface area contributed by atoms with Crippen LogP contribution in [-0.2, 0) is 11.3 Å². The van der Waals surface area contributed by atoms with Crippen LogP contribution in [0.25, 0.3) is 0 Å². The average molecular weight is 251 g/mol. The van der Waals surface area contributed by atoms with Crippen molar-refractivity contribution in [2.75, 3.05) is 27.7 Å². The molecular formula is C13H21N3O2. The van der Waals surface area contributed by atoms with Crippen molar-refractivity contribution in [2.24, 2.45) is 0 Å². The van der Waals surface area contributed by atoms with Crippen LogP contribution < -0.4 is 10.1 Å². The van der Waals surface area contributed by atoms with Crippen LogP contribution in [0, 0.1) is 13.8 Å².